The van der Waals surface area contributed by atoms with E-state index in [1.54, 1.807) is 19.9 Å². The largest absolute Gasteiger partial charge is 0.477 e. The zero-order chi connectivity index (χ0) is 31.9. The van der Waals surface area contributed by atoms with Crippen LogP contribution in [-0.2, 0) is 19.1 Å². The van der Waals surface area contributed by atoms with Crippen LogP contribution in [0.15, 0.2) is 71.1 Å². The molecule has 13 nitrogen and oxygen atoms in total. The molecule has 13 heteroatoms. The lowest BCUT2D eigenvalue weighted by Crippen LogP contribution is -2.32. The van der Waals surface area contributed by atoms with Gasteiger partial charge in [0.1, 0.15) is 0 Å². The lowest BCUT2D eigenvalue weighted by molar-refractivity contribution is -0.384. The number of nitrogens with zero attached hydrogens (tertiary/aromatic N) is 2. The van der Waals surface area contributed by atoms with Crippen molar-refractivity contribution in [2.24, 2.45) is 0 Å². The average molecular weight is 619 g/mol. The molecule has 5 rings (SSSR count). The number of esters is 2. The highest BCUT2D eigenvalue weighted by Crippen LogP contribution is 2.40. The van der Waals surface area contributed by atoms with Crippen LogP contribution in [0.3, 0.4) is 0 Å². The number of methoxy groups -OCH3 is 1. The van der Waals surface area contributed by atoms with E-state index in [9.17, 15) is 19.7 Å². The van der Waals surface area contributed by atoms with Crippen LogP contribution in [0.25, 0.3) is 11.3 Å². The molecule has 0 bridgehead atoms. The third kappa shape index (κ3) is 7.08. The van der Waals surface area contributed by atoms with Crippen LogP contribution in [-0.4, -0.2) is 54.2 Å². The lowest BCUT2D eigenvalue weighted by Gasteiger charge is -2.30. The van der Waals surface area contributed by atoms with Gasteiger partial charge >= 0.3 is 11.9 Å². The average Bonchev–Trinajstić information content (AvgIpc) is 3.71. The minimum atomic E-state index is -0.893. The molecule has 0 saturated carbocycles. The number of carbonyl (C=O) groups is 2. The summed E-state index contributed by atoms with van der Waals surface area (Å²) in [6, 6.07) is 13.4. The van der Waals surface area contributed by atoms with Gasteiger partial charge in [-0.25, -0.2) is 9.59 Å². The zero-order valence-electron chi connectivity index (χ0n) is 25.2. The topological polar surface area (TPSA) is 164 Å². The highest BCUT2D eigenvalue weighted by molar-refractivity contribution is 5.99. The molecule has 1 atom stereocenters. The fraction of sp³-hybridized carbons (Fsp3) is 0.344. The molecule has 3 heterocycles. The molecule has 0 radical (unpaired) electrons. The summed E-state index contributed by atoms with van der Waals surface area (Å²) in [7, 11) is 1.24. The summed E-state index contributed by atoms with van der Waals surface area (Å²) in [5.41, 5.74) is 3.37. The number of nitrogens with one attached hydrogen (secondary N) is 2. The van der Waals surface area contributed by atoms with Crippen LogP contribution < -0.4 is 19.5 Å². The van der Waals surface area contributed by atoms with Gasteiger partial charge in [-0.15, -0.1) is 5.10 Å². The smallest absolute Gasteiger partial charge is 0.336 e. The van der Waals surface area contributed by atoms with Crippen LogP contribution in [0.5, 0.6) is 17.4 Å². The number of fused-ring (bicyclic) bond motifs is 1. The van der Waals surface area contributed by atoms with E-state index < -0.39 is 22.8 Å². The first kappa shape index (κ1) is 31.1. The van der Waals surface area contributed by atoms with E-state index in [0.29, 0.717) is 47.4 Å². The number of hydrogen-bond acceptors (Lipinski definition) is 11. The van der Waals surface area contributed by atoms with Crippen LogP contribution in [0.4, 0.5) is 5.69 Å². The summed E-state index contributed by atoms with van der Waals surface area (Å²) in [5.74, 6) is -0.239. The Bertz CT molecular complexity index is 1660. The van der Waals surface area contributed by atoms with Gasteiger partial charge < -0.3 is 29.0 Å². The van der Waals surface area contributed by atoms with Gasteiger partial charge in [0, 0.05) is 35.2 Å². The van der Waals surface area contributed by atoms with Crippen LogP contribution >= 0.6 is 0 Å². The molecule has 45 heavy (non-hydrogen) atoms. The normalized spacial score (nSPS) is 15.5. The van der Waals surface area contributed by atoms with Crippen molar-refractivity contribution in [1.82, 2.24) is 15.5 Å². The molecule has 1 unspecified atom stereocenters. The van der Waals surface area contributed by atoms with Crippen LogP contribution in [0.2, 0.25) is 0 Å². The molecule has 2 aliphatic rings. The van der Waals surface area contributed by atoms with E-state index in [2.05, 4.69) is 15.5 Å². The first-order chi connectivity index (χ1) is 21.8. The first-order valence-electron chi connectivity index (χ1n) is 14.5. The number of unbranched alkanes of at least 4 members (excludes halogenated alkanes) is 3. The van der Waals surface area contributed by atoms with E-state index in [-0.39, 0.29) is 30.2 Å². The SMILES string of the molecule is COC(=O)C1=C(C)NC(C)=C(C(=O)OCCCCCCOc2cc(-c3ccc4c(c3)OCO4)[nH]n2)C1c1cccc([N+](=O)[O-])c1. The highest BCUT2D eigenvalue weighted by atomic mass is 16.7. The molecule has 0 amide bonds. The minimum Gasteiger partial charge on any atom is -0.477 e. The predicted octanol–water partition coefficient (Wildman–Crippen LogP) is 5.30. The van der Waals surface area contributed by atoms with Crippen molar-refractivity contribution in [3.05, 3.63) is 86.7 Å². The maximum Gasteiger partial charge on any atom is 0.336 e. The monoisotopic (exact) mass is 618 g/mol. The molecule has 0 aliphatic carbocycles. The van der Waals surface area contributed by atoms with Gasteiger partial charge in [-0.05, 0) is 63.3 Å². The molecule has 0 saturated heterocycles. The van der Waals surface area contributed by atoms with Gasteiger partial charge in [0.15, 0.2) is 11.5 Å². The van der Waals surface area contributed by atoms with E-state index in [1.165, 1.54) is 25.3 Å². The lowest BCUT2D eigenvalue weighted by atomic mass is 9.80. The maximum absolute atomic E-state index is 13.4. The second kappa shape index (κ2) is 14.0. The summed E-state index contributed by atoms with van der Waals surface area (Å²) in [6.07, 6.45) is 3.07. The standard InChI is InChI=1S/C32H34N4O9/c1-19-28(31(37)41-3)30(22-9-8-10-23(15-22)36(39)40)29(20(2)33-19)32(38)43-14-7-5-4-6-13-42-27-17-24(34-35-27)21-11-12-25-26(16-21)45-18-44-25/h8-12,15-17,30,33H,4-7,13-14,18H2,1-3H3,(H,34,35). The van der Waals surface area contributed by atoms with Crippen molar-refractivity contribution in [3.63, 3.8) is 0 Å². The van der Waals surface area contributed by atoms with Crippen molar-refractivity contribution in [2.75, 3.05) is 27.1 Å². The van der Waals surface area contributed by atoms with Crippen molar-refractivity contribution in [1.29, 1.82) is 0 Å². The number of aromatic nitrogens is 2. The third-order valence-electron chi connectivity index (χ3n) is 7.56. The molecule has 3 aromatic rings. The van der Waals surface area contributed by atoms with Gasteiger partial charge in [0.2, 0.25) is 12.7 Å². The second-order valence-corrected chi connectivity index (χ2v) is 10.6. The van der Waals surface area contributed by atoms with E-state index >= 15 is 0 Å². The second-order valence-electron chi connectivity index (χ2n) is 10.6. The summed E-state index contributed by atoms with van der Waals surface area (Å²) >= 11 is 0. The Morgan fingerprint density at radius 3 is 2.44 bits per heavy atom. The number of allylic oxidation sites excluding steroid dienone is 2. The minimum absolute atomic E-state index is 0.153. The fourth-order valence-electron chi connectivity index (χ4n) is 5.36. The number of rotatable bonds is 13. The highest BCUT2D eigenvalue weighted by Gasteiger charge is 2.38. The molecule has 236 valence electrons. The number of nitro groups is 1. The Morgan fingerprint density at radius 2 is 1.69 bits per heavy atom. The van der Waals surface area contributed by atoms with Crippen LogP contribution in [0, 0.1) is 10.1 Å². The molecule has 0 spiro atoms. The Balaban J connectivity index is 1.10. The molecule has 2 N–H and O–H groups in total. The van der Waals surface area contributed by atoms with Crippen molar-refractivity contribution in [2.45, 2.75) is 45.4 Å². The summed E-state index contributed by atoms with van der Waals surface area (Å²) < 4.78 is 27.2. The van der Waals surface area contributed by atoms with Gasteiger partial charge in [0.25, 0.3) is 5.69 Å². The van der Waals surface area contributed by atoms with Gasteiger partial charge in [-0.2, -0.15) is 0 Å². The molecule has 2 aliphatic heterocycles. The van der Waals surface area contributed by atoms with E-state index in [1.807, 2.05) is 24.3 Å². The first-order valence-corrected chi connectivity index (χ1v) is 14.5. The number of non-ortho nitro benzene ring substituents is 1. The van der Waals surface area contributed by atoms with E-state index in [4.69, 9.17) is 23.7 Å². The number of carbonyl (C=O) groups excluding carboxylic acids is 2. The Labute approximate surface area is 259 Å². The number of aromatic amines is 1. The quantitative estimate of drug-likeness (QED) is 0.110. The van der Waals surface area contributed by atoms with E-state index in [0.717, 1.165) is 30.5 Å². The molecule has 0 fully saturated rings. The summed E-state index contributed by atoms with van der Waals surface area (Å²) in [5, 5.41) is 21.7. The fourth-order valence-corrected chi connectivity index (χ4v) is 5.36. The van der Waals surface area contributed by atoms with Crippen molar-refractivity contribution < 1.29 is 38.2 Å². The summed E-state index contributed by atoms with van der Waals surface area (Å²) in [6.45, 7) is 4.26. The van der Waals surface area contributed by atoms with Gasteiger partial charge in [-0.3, -0.25) is 15.2 Å². The number of dihydropyridines is 1. The van der Waals surface area contributed by atoms with Crippen molar-refractivity contribution in [3.8, 4) is 28.6 Å². The number of benzene rings is 2. The van der Waals surface area contributed by atoms with Gasteiger partial charge in [0.05, 0.1) is 48.0 Å². The van der Waals surface area contributed by atoms with Crippen LogP contribution in [0.1, 0.15) is 51.0 Å². The van der Waals surface area contributed by atoms with Gasteiger partial charge in [-0.1, -0.05) is 12.1 Å². The van der Waals surface area contributed by atoms with Crippen molar-refractivity contribution >= 4 is 17.6 Å². The summed E-state index contributed by atoms with van der Waals surface area (Å²) in [4.78, 5) is 37.1. The third-order valence-corrected chi connectivity index (χ3v) is 7.56. The number of hydrogen-bond donors (Lipinski definition) is 2. The molecular weight excluding hydrogens is 584 g/mol. The predicted molar refractivity (Wildman–Crippen MR) is 161 cm³/mol. The maximum atomic E-state index is 13.4. The number of nitro benzene ring substituents is 1. The zero-order valence-corrected chi connectivity index (χ0v) is 25.2. The Kier molecular flexibility index (Phi) is 9.66. The Morgan fingerprint density at radius 1 is 0.956 bits per heavy atom. The molecular formula is C32H34N4O9. The number of ether oxygens (including phenoxy) is 5. The molecule has 2 aromatic carbocycles. The Hall–Kier alpha value is -5.33. The molecule has 1 aromatic heterocycles. The number of H-pyrrole nitrogens is 1.